The molecule has 0 spiro atoms. The van der Waals surface area contributed by atoms with Crippen LogP contribution in [0.3, 0.4) is 0 Å². The first-order valence-corrected chi connectivity index (χ1v) is 7.21. The Labute approximate surface area is 121 Å². The van der Waals surface area contributed by atoms with Crippen molar-refractivity contribution in [2.75, 3.05) is 32.8 Å². The number of ether oxygens (including phenoxy) is 1. The minimum absolute atomic E-state index is 0.0316. The van der Waals surface area contributed by atoms with Gasteiger partial charge >= 0.3 is 0 Å². The summed E-state index contributed by atoms with van der Waals surface area (Å²) in [6, 6.07) is 9.84. The molecule has 1 saturated heterocycles. The van der Waals surface area contributed by atoms with E-state index in [4.69, 9.17) is 4.74 Å². The van der Waals surface area contributed by atoms with Crippen molar-refractivity contribution in [1.29, 1.82) is 0 Å². The standard InChI is InChI=1S/C16H24N2O2/c1-16(2,18-8-10-20-11-9-18)13-17-15(19)12-14-6-4-3-5-7-14/h3-7H,8-13H2,1-2H3,(H,17,19). The Bertz CT molecular complexity index is 425. The molecule has 1 amide bonds. The van der Waals surface area contributed by atoms with Crippen LogP contribution in [0.1, 0.15) is 19.4 Å². The summed E-state index contributed by atoms with van der Waals surface area (Å²) in [6.45, 7) is 8.42. The molecule has 1 aliphatic heterocycles. The van der Waals surface area contributed by atoms with Crippen LogP contribution in [0.15, 0.2) is 30.3 Å². The number of nitrogens with one attached hydrogen (secondary N) is 1. The van der Waals surface area contributed by atoms with Gasteiger partial charge in [0, 0.05) is 25.2 Å². The number of nitrogens with zero attached hydrogens (tertiary/aromatic N) is 1. The number of morpholine rings is 1. The highest BCUT2D eigenvalue weighted by Gasteiger charge is 2.28. The highest BCUT2D eigenvalue weighted by molar-refractivity contribution is 5.78. The highest BCUT2D eigenvalue weighted by atomic mass is 16.5. The molecular formula is C16H24N2O2. The van der Waals surface area contributed by atoms with Crippen molar-refractivity contribution in [3.05, 3.63) is 35.9 Å². The molecule has 0 radical (unpaired) electrons. The number of benzene rings is 1. The first-order chi connectivity index (χ1) is 9.58. The van der Waals surface area contributed by atoms with Crippen molar-refractivity contribution >= 4 is 5.91 Å². The average molecular weight is 276 g/mol. The zero-order chi connectivity index (χ0) is 14.4. The monoisotopic (exact) mass is 276 g/mol. The number of amides is 1. The van der Waals surface area contributed by atoms with Gasteiger partial charge in [0.15, 0.2) is 0 Å². The van der Waals surface area contributed by atoms with Crippen LogP contribution < -0.4 is 5.32 Å². The molecule has 1 heterocycles. The molecule has 0 unspecified atom stereocenters. The molecule has 1 N–H and O–H groups in total. The Balaban J connectivity index is 1.80. The summed E-state index contributed by atoms with van der Waals surface area (Å²) in [5.74, 6) is 0.0811. The van der Waals surface area contributed by atoms with Gasteiger partial charge in [-0.05, 0) is 19.4 Å². The Hall–Kier alpha value is -1.39. The van der Waals surface area contributed by atoms with E-state index in [9.17, 15) is 4.79 Å². The lowest BCUT2D eigenvalue weighted by atomic mass is 10.0. The molecule has 2 rings (SSSR count). The molecule has 4 nitrogen and oxygen atoms in total. The Morgan fingerprint density at radius 3 is 2.55 bits per heavy atom. The molecule has 1 aliphatic rings. The summed E-state index contributed by atoms with van der Waals surface area (Å²) in [5, 5.41) is 3.05. The van der Waals surface area contributed by atoms with Crippen molar-refractivity contribution in [3.63, 3.8) is 0 Å². The summed E-state index contributed by atoms with van der Waals surface area (Å²) >= 11 is 0. The van der Waals surface area contributed by atoms with Crippen molar-refractivity contribution in [2.24, 2.45) is 0 Å². The molecule has 1 aromatic rings. The summed E-state index contributed by atoms with van der Waals surface area (Å²) in [5.41, 5.74) is 1.02. The Morgan fingerprint density at radius 2 is 1.90 bits per heavy atom. The molecule has 0 saturated carbocycles. The van der Waals surface area contributed by atoms with E-state index in [1.54, 1.807) is 0 Å². The van der Waals surface area contributed by atoms with Gasteiger partial charge in [-0.1, -0.05) is 30.3 Å². The van der Waals surface area contributed by atoms with Crippen LogP contribution in [0.5, 0.6) is 0 Å². The van der Waals surface area contributed by atoms with E-state index in [0.29, 0.717) is 13.0 Å². The second-order valence-corrected chi connectivity index (χ2v) is 5.85. The van der Waals surface area contributed by atoms with Crippen LogP contribution in [-0.4, -0.2) is 49.2 Å². The van der Waals surface area contributed by atoms with Gasteiger partial charge in [0.05, 0.1) is 19.6 Å². The second kappa shape index (κ2) is 6.86. The molecule has 0 aliphatic carbocycles. The van der Waals surface area contributed by atoms with Crippen LogP contribution in [0.25, 0.3) is 0 Å². The smallest absolute Gasteiger partial charge is 0.224 e. The van der Waals surface area contributed by atoms with Crippen molar-refractivity contribution in [3.8, 4) is 0 Å². The van der Waals surface area contributed by atoms with Gasteiger partial charge in [-0.25, -0.2) is 0 Å². The fraction of sp³-hybridized carbons (Fsp3) is 0.562. The van der Waals surface area contributed by atoms with Gasteiger partial charge in [-0.15, -0.1) is 0 Å². The first kappa shape index (κ1) is 15.0. The topological polar surface area (TPSA) is 41.6 Å². The average Bonchev–Trinajstić information content (AvgIpc) is 2.47. The SMILES string of the molecule is CC(C)(CNC(=O)Cc1ccccc1)N1CCOCC1. The minimum Gasteiger partial charge on any atom is -0.379 e. The van der Waals surface area contributed by atoms with E-state index in [2.05, 4.69) is 24.1 Å². The van der Waals surface area contributed by atoms with Crippen LogP contribution in [0.2, 0.25) is 0 Å². The number of hydrogen-bond donors (Lipinski definition) is 1. The normalized spacial score (nSPS) is 16.9. The summed E-state index contributed by atoms with van der Waals surface area (Å²) in [6.07, 6.45) is 0.444. The molecule has 1 aromatic carbocycles. The quantitative estimate of drug-likeness (QED) is 0.885. The third-order valence-electron chi connectivity index (χ3n) is 3.79. The van der Waals surface area contributed by atoms with Crippen molar-refractivity contribution < 1.29 is 9.53 Å². The van der Waals surface area contributed by atoms with Gasteiger partial charge in [-0.3, -0.25) is 9.69 Å². The second-order valence-electron chi connectivity index (χ2n) is 5.85. The maximum absolute atomic E-state index is 12.0. The van der Waals surface area contributed by atoms with Crippen molar-refractivity contribution in [2.45, 2.75) is 25.8 Å². The lowest BCUT2D eigenvalue weighted by Crippen LogP contribution is -2.55. The third kappa shape index (κ3) is 4.32. The molecular weight excluding hydrogens is 252 g/mol. The summed E-state index contributed by atoms with van der Waals surface area (Å²) in [4.78, 5) is 14.4. The van der Waals surface area contributed by atoms with E-state index in [-0.39, 0.29) is 11.4 Å². The van der Waals surface area contributed by atoms with Gasteiger partial charge in [-0.2, -0.15) is 0 Å². The molecule has 0 bridgehead atoms. The van der Waals surface area contributed by atoms with E-state index in [1.165, 1.54) is 0 Å². The molecule has 110 valence electrons. The van der Waals surface area contributed by atoms with E-state index in [1.807, 2.05) is 30.3 Å². The summed E-state index contributed by atoms with van der Waals surface area (Å²) in [7, 11) is 0. The van der Waals surface area contributed by atoms with Crippen LogP contribution in [-0.2, 0) is 16.0 Å². The number of carbonyl (C=O) groups is 1. The van der Waals surface area contributed by atoms with Gasteiger partial charge in [0.25, 0.3) is 0 Å². The largest absolute Gasteiger partial charge is 0.379 e. The minimum atomic E-state index is -0.0316. The van der Waals surface area contributed by atoms with Gasteiger partial charge < -0.3 is 10.1 Å². The predicted molar refractivity (Wildman–Crippen MR) is 79.6 cm³/mol. The number of hydrogen-bond acceptors (Lipinski definition) is 3. The number of carbonyl (C=O) groups excluding carboxylic acids is 1. The zero-order valence-electron chi connectivity index (χ0n) is 12.4. The molecule has 0 atom stereocenters. The summed E-state index contributed by atoms with van der Waals surface area (Å²) < 4.78 is 5.37. The first-order valence-electron chi connectivity index (χ1n) is 7.21. The Morgan fingerprint density at radius 1 is 1.25 bits per heavy atom. The Kier molecular flexibility index (Phi) is 5.15. The maximum atomic E-state index is 12.0. The third-order valence-corrected chi connectivity index (χ3v) is 3.79. The molecule has 1 fully saturated rings. The lowest BCUT2D eigenvalue weighted by Gasteiger charge is -2.40. The number of rotatable bonds is 5. The highest BCUT2D eigenvalue weighted by Crippen LogP contribution is 2.15. The van der Waals surface area contributed by atoms with Crippen LogP contribution in [0.4, 0.5) is 0 Å². The van der Waals surface area contributed by atoms with E-state index >= 15 is 0 Å². The van der Waals surface area contributed by atoms with Crippen molar-refractivity contribution in [1.82, 2.24) is 10.2 Å². The van der Waals surface area contributed by atoms with Gasteiger partial charge in [0.1, 0.15) is 0 Å². The maximum Gasteiger partial charge on any atom is 0.224 e. The van der Waals surface area contributed by atoms with E-state index < -0.39 is 0 Å². The van der Waals surface area contributed by atoms with E-state index in [0.717, 1.165) is 31.9 Å². The van der Waals surface area contributed by atoms with Crippen LogP contribution in [0, 0.1) is 0 Å². The lowest BCUT2D eigenvalue weighted by molar-refractivity contribution is -0.121. The zero-order valence-corrected chi connectivity index (χ0v) is 12.4. The molecule has 4 heteroatoms. The molecule has 0 aromatic heterocycles. The molecule has 20 heavy (non-hydrogen) atoms. The van der Waals surface area contributed by atoms with Crippen LogP contribution >= 0.6 is 0 Å². The fourth-order valence-corrected chi connectivity index (χ4v) is 2.44. The van der Waals surface area contributed by atoms with Gasteiger partial charge in [0.2, 0.25) is 5.91 Å². The predicted octanol–water partition coefficient (Wildman–Crippen LogP) is 1.46. The fourth-order valence-electron chi connectivity index (χ4n) is 2.44.